The van der Waals surface area contributed by atoms with Gasteiger partial charge < -0.3 is 4.18 Å². The topological polar surface area (TPSA) is 9.23 Å². The summed E-state index contributed by atoms with van der Waals surface area (Å²) >= 11 is 1.38. The fourth-order valence-corrected chi connectivity index (χ4v) is 0.858. The molecule has 0 fully saturated rings. The molecular weight excluding hydrogens is 168 g/mol. The van der Waals surface area contributed by atoms with Crippen LogP contribution >= 0.6 is 12.0 Å². The Morgan fingerprint density at radius 1 is 1.50 bits per heavy atom. The summed E-state index contributed by atoms with van der Waals surface area (Å²) in [6.07, 6.45) is 7.96. The lowest BCUT2D eigenvalue weighted by molar-refractivity contribution is 0.422. The first-order chi connectivity index (χ1) is 5.70. The predicted octanol–water partition coefficient (Wildman–Crippen LogP) is 3.36. The van der Waals surface area contributed by atoms with Crippen molar-refractivity contribution in [2.45, 2.75) is 13.8 Å². The van der Waals surface area contributed by atoms with Crippen LogP contribution in [0, 0.1) is 0 Å². The Morgan fingerprint density at radius 3 is 2.58 bits per heavy atom. The molecule has 12 heavy (non-hydrogen) atoms. The predicted molar refractivity (Wildman–Crippen MR) is 57.2 cm³/mol. The molecule has 0 atom stereocenters. The molecule has 0 radical (unpaired) electrons. The summed E-state index contributed by atoms with van der Waals surface area (Å²) in [6.45, 7) is 8.41. The number of hydrogen-bond donors (Lipinski definition) is 0. The first kappa shape index (κ1) is 11.5. The molecule has 0 saturated carbocycles. The van der Waals surface area contributed by atoms with Gasteiger partial charge in [0.2, 0.25) is 0 Å². The summed E-state index contributed by atoms with van der Waals surface area (Å²) in [7, 11) is 0. The average molecular weight is 184 g/mol. The van der Waals surface area contributed by atoms with Crippen molar-refractivity contribution in [2.24, 2.45) is 0 Å². The lowest BCUT2D eigenvalue weighted by atomic mass is 10.2. The molecule has 0 aromatic carbocycles. The highest BCUT2D eigenvalue weighted by Gasteiger charge is 1.89. The van der Waals surface area contributed by atoms with Crippen molar-refractivity contribution >= 4 is 12.0 Å². The molecule has 0 heterocycles. The zero-order valence-corrected chi connectivity index (χ0v) is 8.78. The first-order valence-corrected chi connectivity index (χ1v) is 5.00. The molecule has 0 aliphatic carbocycles. The van der Waals surface area contributed by atoms with Gasteiger partial charge in [0, 0.05) is 6.26 Å². The molecule has 0 aliphatic rings. The van der Waals surface area contributed by atoms with Crippen LogP contribution in [-0.4, -0.2) is 12.9 Å². The molecule has 0 unspecified atom stereocenters. The van der Waals surface area contributed by atoms with E-state index in [1.165, 1.54) is 17.6 Å². The van der Waals surface area contributed by atoms with Crippen molar-refractivity contribution in [1.82, 2.24) is 0 Å². The Balaban J connectivity index is 3.92. The van der Waals surface area contributed by atoms with Crippen LogP contribution in [0.1, 0.15) is 13.8 Å². The van der Waals surface area contributed by atoms with E-state index in [0.29, 0.717) is 6.61 Å². The maximum atomic E-state index is 5.19. The molecule has 0 saturated heterocycles. The Hall–Kier alpha value is -0.470. The molecule has 0 N–H and O–H groups in total. The molecule has 0 rings (SSSR count). The summed E-state index contributed by atoms with van der Waals surface area (Å²) in [4.78, 5) is 0. The van der Waals surface area contributed by atoms with E-state index in [4.69, 9.17) is 4.18 Å². The second-order valence-electron chi connectivity index (χ2n) is 2.47. The third-order valence-corrected chi connectivity index (χ3v) is 1.65. The molecule has 0 aromatic rings. The van der Waals surface area contributed by atoms with Crippen LogP contribution in [0.2, 0.25) is 0 Å². The summed E-state index contributed by atoms with van der Waals surface area (Å²) in [5.41, 5.74) is 2.23. The van der Waals surface area contributed by atoms with Crippen LogP contribution in [0.25, 0.3) is 0 Å². The van der Waals surface area contributed by atoms with Gasteiger partial charge in [-0.25, -0.2) is 0 Å². The van der Waals surface area contributed by atoms with E-state index in [1.54, 1.807) is 0 Å². The van der Waals surface area contributed by atoms with Crippen LogP contribution in [0.15, 0.2) is 36.0 Å². The zero-order chi connectivity index (χ0) is 9.40. The third-order valence-electron chi connectivity index (χ3n) is 1.30. The highest BCUT2D eigenvalue weighted by molar-refractivity contribution is 7.93. The van der Waals surface area contributed by atoms with E-state index in [9.17, 15) is 0 Å². The summed E-state index contributed by atoms with van der Waals surface area (Å²) in [5, 5.41) is 0. The van der Waals surface area contributed by atoms with E-state index >= 15 is 0 Å². The standard InChI is InChI=1S/C10H16OS/c1-5-10(8-11-12-4)7-6-9(2)3/h5-7H,2,8H2,1,3-4H3/b7-6-,10-5+. The highest BCUT2D eigenvalue weighted by Crippen LogP contribution is 2.04. The summed E-state index contributed by atoms with van der Waals surface area (Å²) in [6, 6.07) is 0. The van der Waals surface area contributed by atoms with Crippen molar-refractivity contribution in [2.75, 3.05) is 12.9 Å². The van der Waals surface area contributed by atoms with Gasteiger partial charge in [0.15, 0.2) is 0 Å². The molecule has 0 spiro atoms. The van der Waals surface area contributed by atoms with Gasteiger partial charge in [-0.05, 0) is 31.5 Å². The van der Waals surface area contributed by atoms with Crippen molar-refractivity contribution in [3.63, 3.8) is 0 Å². The lowest BCUT2D eigenvalue weighted by Crippen LogP contribution is -1.88. The third kappa shape index (κ3) is 6.25. The number of rotatable bonds is 5. The molecule has 0 amide bonds. The van der Waals surface area contributed by atoms with Gasteiger partial charge in [-0.1, -0.05) is 30.4 Å². The molecule has 1 nitrogen and oxygen atoms in total. The van der Waals surface area contributed by atoms with Crippen molar-refractivity contribution < 1.29 is 4.18 Å². The second kappa shape index (κ2) is 7.19. The Labute approximate surface area is 79.4 Å². The number of allylic oxidation sites excluding steroid dienone is 3. The van der Waals surface area contributed by atoms with Gasteiger partial charge in [-0.15, -0.1) is 0 Å². The minimum absolute atomic E-state index is 0.654. The van der Waals surface area contributed by atoms with E-state index < -0.39 is 0 Å². The monoisotopic (exact) mass is 184 g/mol. The quantitative estimate of drug-likeness (QED) is 0.478. The Morgan fingerprint density at radius 2 is 2.17 bits per heavy atom. The smallest absolute Gasteiger partial charge is 0.0861 e. The van der Waals surface area contributed by atoms with Crippen molar-refractivity contribution in [3.8, 4) is 0 Å². The Kier molecular flexibility index (Phi) is 6.91. The summed E-state index contributed by atoms with van der Waals surface area (Å²) < 4.78 is 5.19. The molecular formula is C10H16OS. The van der Waals surface area contributed by atoms with Gasteiger partial charge in [0.1, 0.15) is 0 Å². The molecule has 0 bridgehead atoms. The maximum absolute atomic E-state index is 5.19. The normalized spacial score (nSPS) is 12.4. The van der Waals surface area contributed by atoms with Gasteiger partial charge in [-0.2, -0.15) is 0 Å². The summed E-state index contributed by atoms with van der Waals surface area (Å²) in [5.74, 6) is 0. The van der Waals surface area contributed by atoms with Gasteiger partial charge in [-0.3, -0.25) is 0 Å². The molecule has 0 aliphatic heterocycles. The SMILES string of the molecule is C=C(C)/C=C\C(=C/C)COSC. The zero-order valence-electron chi connectivity index (χ0n) is 7.96. The van der Waals surface area contributed by atoms with Crippen molar-refractivity contribution in [3.05, 3.63) is 36.0 Å². The van der Waals surface area contributed by atoms with Crippen LogP contribution in [0.3, 0.4) is 0 Å². The van der Waals surface area contributed by atoms with Crippen LogP contribution in [-0.2, 0) is 4.18 Å². The minimum Gasteiger partial charge on any atom is -0.311 e. The lowest BCUT2D eigenvalue weighted by Gasteiger charge is -1.99. The van der Waals surface area contributed by atoms with E-state index in [-0.39, 0.29) is 0 Å². The van der Waals surface area contributed by atoms with Crippen LogP contribution < -0.4 is 0 Å². The first-order valence-electron chi connectivity index (χ1n) is 3.85. The molecule has 68 valence electrons. The highest BCUT2D eigenvalue weighted by atomic mass is 32.2. The largest absolute Gasteiger partial charge is 0.311 e. The second-order valence-corrected chi connectivity index (χ2v) is 3.04. The Bertz CT molecular complexity index is 192. The maximum Gasteiger partial charge on any atom is 0.0861 e. The van der Waals surface area contributed by atoms with Gasteiger partial charge >= 0.3 is 0 Å². The van der Waals surface area contributed by atoms with Crippen LogP contribution in [0.4, 0.5) is 0 Å². The average Bonchev–Trinajstić information content (AvgIpc) is 2.05. The fraction of sp³-hybridized carbons (Fsp3) is 0.400. The molecule has 2 heteroatoms. The fourth-order valence-electron chi connectivity index (χ4n) is 0.604. The van der Waals surface area contributed by atoms with E-state index in [1.807, 2.05) is 38.3 Å². The van der Waals surface area contributed by atoms with E-state index in [2.05, 4.69) is 6.58 Å². The van der Waals surface area contributed by atoms with Gasteiger partial charge in [0.05, 0.1) is 6.61 Å². The van der Waals surface area contributed by atoms with E-state index in [0.717, 1.165) is 5.57 Å². The molecule has 0 aromatic heterocycles. The minimum atomic E-state index is 0.654. The van der Waals surface area contributed by atoms with Crippen molar-refractivity contribution in [1.29, 1.82) is 0 Å². The van der Waals surface area contributed by atoms with Crippen LogP contribution in [0.5, 0.6) is 0 Å². The van der Waals surface area contributed by atoms with Gasteiger partial charge in [0.25, 0.3) is 0 Å². The number of hydrogen-bond acceptors (Lipinski definition) is 2.